The number of ether oxygens (including phenoxy) is 1. The number of aryl methyl sites for hydroxylation is 1. The average molecular weight is 442 g/mol. The summed E-state index contributed by atoms with van der Waals surface area (Å²) >= 11 is 0. The van der Waals surface area contributed by atoms with Gasteiger partial charge in [-0.15, -0.1) is 0 Å². The number of rotatable bonds is 8. The third-order valence-electron chi connectivity index (χ3n) is 5.02. The minimum Gasteiger partial charge on any atom is -0.497 e. The molecule has 0 amide bonds. The zero-order valence-electron chi connectivity index (χ0n) is 18.3. The molecule has 0 saturated heterocycles. The van der Waals surface area contributed by atoms with Crippen LogP contribution in [-0.2, 0) is 6.54 Å². The number of nitrogens with zero attached hydrogens (tertiary/aromatic N) is 3. The zero-order valence-corrected chi connectivity index (χ0v) is 18.3. The van der Waals surface area contributed by atoms with Crippen LogP contribution in [0, 0.1) is 18.2 Å². The Kier molecular flexibility index (Phi) is 6.54. The minimum absolute atomic E-state index is 0.0112. The van der Waals surface area contributed by atoms with Gasteiger partial charge < -0.3 is 15.4 Å². The van der Waals surface area contributed by atoms with Gasteiger partial charge in [-0.2, -0.15) is 0 Å². The van der Waals surface area contributed by atoms with Crippen LogP contribution in [-0.4, -0.2) is 27.8 Å². The Morgan fingerprint density at radius 2 is 1.73 bits per heavy atom. The van der Waals surface area contributed by atoms with Gasteiger partial charge in [-0.3, -0.25) is 10.4 Å². The topological polar surface area (TPSA) is 95.8 Å². The molecule has 0 atom stereocenters. The molecule has 0 radical (unpaired) electrons. The van der Waals surface area contributed by atoms with Crippen molar-refractivity contribution in [3.05, 3.63) is 102 Å². The van der Waals surface area contributed by atoms with Crippen molar-refractivity contribution in [2.75, 3.05) is 17.7 Å². The lowest BCUT2D eigenvalue weighted by molar-refractivity contribution is 0.414. The Morgan fingerprint density at radius 1 is 1.00 bits per heavy atom. The predicted molar refractivity (Wildman–Crippen MR) is 127 cm³/mol. The molecule has 4 aromatic rings. The Morgan fingerprint density at radius 3 is 2.45 bits per heavy atom. The van der Waals surface area contributed by atoms with Gasteiger partial charge in [-0.1, -0.05) is 30.3 Å². The fourth-order valence-corrected chi connectivity index (χ4v) is 3.24. The fourth-order valence-electron chi connectivity index (χ4n) is 3.24. The van der Waals surface area contributed by atoms with Gasteiger partial charge >= 0.3 is 0 Å². The molecule has 3 N–H and O–H groups in total. The number of hydrogen-bond donors (Lipinski definition) is 3. The Hall–Kier alpha value is -4.33. The lowest BCUT2D eigenvalue weighted by atomic mass is 10.1. The number of halogens is 1. The molecule has 0 saturated carbocycles. The summed E-state index contributed by atoms with van der Waals surface area (Å²) in [6.45, 7) is 2.12. The SMILES string of the molecule is COc1ccc(CNc2ccccc2C(=N)c2nc(C)c(F)c(Nc3ccncc3)n2)cc1. The first-order valence-electron chi connectivity index (χ1n) is 10.3. The van der Waals surface area contributed by atoms with Crippen molar-refractivity contribution < 1.29 is 9.13 Å². The van der Waals surface area contributed by atoms with E-state index in [1.54, 1.807) is 38.6 Å². The average Bonchev–Trinajstić information content (AvgIpc) is 2.86. The quantitative estimate of drug-likeness (QED) is 0.329. The van der Waals surface area contributed by atoms with Crippen LogP contribution >= 0.6 is 0 Å². The summed E-state index contributed by atoms with van der Waals surface area (Å²) in [7, 11) is 1.63. The number of anilines is 3. The van der Waals surface area contributed by atoms with E-state index >= 15 is 0 Å². The van der Waals surface area contributed by atoms with Crippen LogP contribution in [0.25, 0.3) is 0 Å². The van der Waals surface area contributed by atoms with E-state index in [2.05, 4.69) is 25.6 Å². The molecule has 0 bridgehead atoms. The highest BCUT2D eigenvalue weighted by atomic mass is 19.1. The highest BCUT2D eigenvalue weighted by Crippen LogP contribution is 2.23. The second-order valence-corrected chi connectivity index (χ2v) is 7.28. The molecule has 7 nitrogen and oxygen atoms in total. The van der Waals surface area contributed by atoms with E-state index in [-0.39, 0.29) is 23.0 Å². The van der Waals surface area contributed by atoms with E-state index in [4.69, 9.17) is 10.1 Å². The second kappa shape index (κ2) is 9.86. The number of nitrogens with one attached hydrogen (secondary N) is 3. The Labute approximate surface area is 191 Å². The molecule has 0 aliphatic carbocycles. The first kappa shape index (κ1) is 21.9. The molecule has 2 aromatic carbocycles. The fraction of sp³-hybridized carbons (Fsp3) is 0.120. The number of benzene rings is 2. The van der Waals surface area contributed by atoms with E-state index in [1.165, 1.54) is 0 Å². The van der Waals surface area contributed by atoms with Crippen LogP contribution in [0.4, 0.5) is 21.6 Å². The van der Waals surface area contributed by atoms with E-state index < -0.39 is 5.82 Å². The first-order chi connectivity index (χ1) is 16.0. The third-order valence-corrected chi connectivity index (χ3v) is 5.02. The van der Waals surface area contributed by atoms with Gasteiger partial charge in [0.25, 0.3) is 0 Å². The van der Waals surface area contributed by atoms with Crippen LogP contribution in [0.15, 0.2) is 73.1 Å². The van der Waals surface area contributed by atoms with E-state index in [0.717, 1.165) is 17.0 Å². The normalized spacial score (nSPS) is 10.5. The molecule has 4 rings (SSSR count). The van der Waals surface area contributed by atoms with E-state index in [9.17, 15) is 4.39 Å². The highest BCUT2D eigenvalue weighted by molar-refractivity contribution is 6.12. The number of para-hydroxylation sites is 1. The van der Waals surface area contributed by atoms with Crippen LogP contribution in [0.3, 0.4) is 0 Å². The summed E-state index contributed by atoms with van der Waals surface area (Å²) in [4.78, 5) is 12.5. The van der Waals surface area contributed by atoms with Gasteiger partial charge in [0.1, 0.15) is 11.5 Å². The molecule has 0 unspecified atom stereocenters. The molecule has 8 heteroatoms. The third kappa shape index (κ3) is 5.12. The molecule has 0 fully saturated rings. The Balaban J connectivity index is 1.59. The molecule has 33 heavy (non-hydrogen) atoms. The summed E-state index contributed by atoms with van der Waals surface area (Å²) in [5.41, 5.74) is 3.33. The van der Waals surface area contributed by atoms with Gasteiger partial charge in [0.15, 0.2) is 17.5 Å². The lowest BCUT2D eigenvalue weighted by Gasteiger charge is -2.14. The smallest absolute Gasteiger partial charge is 0.187 e. The van der Waals surface area contributed by atoms with E-state index in [1.807, 2.05) is 48.5 Å². The summed E-state index contributed by atoms with van der Waals surface area (Å²) in [5.74, 6) is 0.372. The van der Waals surface area contributed by atoms with Crippen molar-refractivity contribution >= 4 is 22.9 Å². The highest BCUT2D eigenvalue weighted by Gasteiger charge is 2.18. The van der Waals surface area contributed by atoms with E-state index in [0.29, 0.717) is 17.8 Å². The van der Waals surface area contributed by atoms with Crippen LogP contribution in [0.2, 0.25) is 0 Å². The standard InChI is InChI=1S/C25H23FN6O/c1-16-22(26)24(31-18-11-13-28-14-12-18)32-25(30-16)23(27)20-5-3-4-6-21(20)29-15-17-7-9-19(33-2)10-8-17/h3-14,27,29H,15H2,1-2H3,(H,28,30,31,32). The van der Waals surface area contributed by atoms with Crippen molar-refractivity contribution in [2.24, 2.45) is 0 Å². The maximum Gasteiger partial charge on any atom is 0.187 e. The molecular formula is C25H23FN6O. The number of pyridine rings is 1. The van der Waals surface area contributed by atoms with Gasteiger partial charge in [0.05, 0.1) is 12.8 Å². The van der Waals surface area contributed by atoms with Crippen molar-refractivity contribution in [3.63, 3.8) is 0 Å². The van der Waals surface area contributed by atoms with Crippen molar-refractivity contribution in [1.29, 1.82) is 5.41 Å². The van der Waals surface area contributed by atoms with Gasteiger partial charge in [-0.25, -0.2) is 14.4 Å². The number of aromatic nitrogens is 3. The molecule has 0 spiro atoms. The number of methoxy groups -OCH3 is 1. The molecule has 2 heterocycles. The summed E-state index contributed by atoms with van der Waals surface area (Å²) in [5, 5.41) is 15.1. The summed E-state index contributed by atoms with van der Waals surface area (Å²) < 4.78 is 19.9. The molecule has 0 aliphatic heterocycles. The van der Waals surface area contributed by atoms with Crippen LogP contribution < -0.4 is 15.4 Å². The predicted octanol–water partition coefficient (Wildman–Crippen LogP) is 5.10. The molecule has 0 aliphatic rings. The Bertz CT molecular complexity index is 1260. The number of hydrogen-bond acceptors (Lipinski definition) is 7. The largest absolute Gasteiger partial charge is 0.497 e. The van der Waals surface area contributed by atoms with Crippen molar-refractivity contribution in [3.8, 4) is 5.75 Å². The minimum atomic E-state index is -0.561. The maximum atomic E-state index is 14.7. The van der Waals surface area contributed by atoms with Gasteiger partial charge in [0, 0.05) is 35.9 Å². The van der Waals surface area contributed by atoms with Crippen molar-refractivity contribution in [2.45, 2.75) is 13.5 Å². The van der Waals surface area contributed by atoms with Crippen molar-refractivity contribution in [1.82, 2.24) is 15.0 Å². The molecule has 2 aromatic heterocycles. The zero-order chi connectivity index (χ0) is 23.2. The molecular weight excluding hydrogens is 419 g/mol. The van der Waals surface area contributed by atoms with Crippen LogP contribution in [0.1, 0.15) is 22.6 Å². The van der Waals surface area contributed by atoms with Crippen LogP contribution in [0.5, 0.6) is 5.75 Å². The van der Waals surface area contributed by atoms with Gasteiger partial charge in [0.2, 0.25) is 0 Å². The summed E-state index contributed by atoms with van der Waals surface area (Å²) in [6, 6.07) is 18.6. The maximum absolute atomic E-state index is 14.7. The lowest BCUT2D eigenvalue weighted by Crippen LogP contribution is -2.14. The monoisotopic (exact) mass is 442 g/mol. The summed E-state index contributed by atoms with van der Waals surface area (Å²) in [6.07, 6.45) is 3.20. The first-order valence-corrected chi connectivity index (χ1v) is 10.3. The molecule has 166 valence electrons. The second-order valence-electron chi connectivity index (χ2n) is 7.28. The van der Waals surface area contributed by atoms with Gasteiger partial charge in [-0.05, 0) is 42.8 Å².